The van der Waals surface area contributed by atoms with Crippen LogP contribution in [0.25, 0.3) is 5.70 Å². The van der Waals surface area contributed by atoms with Crippen molar-refractivity contribution in [1.82, 2.24) is 15.5 Å². The van der Waals surface area contributed by atoms with E-state index < -0.39 is 94.6 Å². The van der Waals surface area contributed by atoms with E-state index in [-0.39, 0.29) is 73.8 Å². The number of alkyl halides is 6. The Labute approximate surface area is 329 Å². The largest absolute Gasteiger partial charge is 0.420 e. The van der Waals surface area contributed by atoms with E-state index in [0.29, 0.717) is 4.90 Å². The molecule has 2 aliphatic heterocycles. The summed E-state index contributed by atoms with van der Waals surface area (Å²) in [5.74, 6) is -5.63. The topological polar surface area (TPSA) is 199 Å². The Morgan fingerprint density at radius 3 is 2.31 bits per heavy atom. The molecule has 0 aromatic heterocycles. The summed E-state index contributed by atoms with van der Waals surface area (Å²) in [7, 11) is 1.08. The van der Waals surface area contributed by atoms with Crippen molar-refractivity contribution in [3.63, 3.8) is 0 Å². The summed E-state index contributed by atoms with van der Waals surface area (Å²) in [6.45, 7) is -0.933. The highest BCUT2D eigenvalue weighted by molar-refractivity contribution is 6.26. The van der Waals surface area contributed by atoms with E-state index in [1.54, 1.807) is 0 Å². The van der Waals surface area contributed by atoms with Crippen LogP contribution in [0, 0.1) is 5.82 Å². The Morgan fingerprint density at radius 2 is 1.64 bits per heavy atom. The number of hydrogen-bond donors (Lipinski definition) is 4. The van der Waals surface area contributed by atoms with Crippen LogP contribution in [0.3, 0.4) is 0 Å². The molecule has 3 aromatic rings. The minimum absolute atomic E-state index is 0.00893. The number of nitrogens with one attached hydrogen (secondary N) is 3. The van der Waals surface area contributed by atoms with Crippen molar-refractivity contribution in [3.8, 4) is 5.75 Å². The number of hydrogen-bond acceptors (Lipinski definition) is 11. The first-order valence-corrected chi connectivity index (χ1v) is 17.3. The van der Waals surface area contributed by atoms with Gasteiger partial charge in [-0.1, -0.05) is 6.07 Å². The lowest BCUT2D eigenvalue weighted by Gasteiger charge is -2.27. The zero-order chi connectivity index (χ0) is 43.2. The third-order valence-corrected chi connectivity index (χ3v) is 8.71. The van der Waals surface area contributed by atoms with Crippen LogP contribution in [0.1, 0.15) is 50.2 Å². The van der Waals surface area contributed by atoms with E-state index in [4.69, 9.17) is 19.9 Å². The molecule has 5 rings (SSSR count). The summed E-state index contributed by atoms with van der Waals surface area (Å²) in [5, 5.41) is 7.13. The smallest absolute Gasteiger partial charge is 0.409 e. The molecule has 2 aliphatic rings. The summed E-state index contributed by atoms with van der Waals surface area (Å²) in [5.41, 5.74) is 0.437. The first kappa shape index (κ1) is 43.6. The molecule has 314 valence electrons. The van der Waals surface area contributed by atoms with Gasteiger partial charge in [0, 0.05) is 37.5 Å². The maximum absolute atomic E-state index is 14.1. The number of imide groups is 2. The van der Waals surface area contributed by atoms with E-state index >= 15 is 0 Å². The van der Waals surface area contributed by atoms with Gasteiger partial charge in [0.2, 0.25) is 17.7 Å². The van der Waals surface area contributed by atoms with Gasteiger partial charge in [0.1, 0.15) is 18.5 Å². The minimum atomic E-state index is -5.44. The molecule has 0 bridgehead atoms. The normalized spacial score (nSPS) is 15.8. The zero-order valence-corrected chi connectivity index (χ0v) is 30.6. The zero-order valence-electron chi connectivity index (χ0n) is 30.6. The molecule has 0 saturated carbocycles. The van der Waals surface area contributed by atoms with Gasteiger partial charge in [0.15, 0.2) is 5.75 Å². The molecule has 0 spiro atoms. The first-order valence-electron chi connectivity index (χ1n) is 17.3. The lowest BCUT2D eigenvalue weighted by Crippen LogP contribution is -2.54. The number of carbonyl (C=O) groups excluding carboxylic acids is 6. The van der Waals surface area contributed by atoms with Crippen LogP contribution >= 0.6 is 0 Å². The lowest BCUT2D eigenvalue weighted by molar-refractivity contribution is -0.144. The molecule has 15 nitrogen and oxygen atoms in total. The van der Waals surface area contributed by atoms with Crippen molar-refractivity contribution >= 4 is 52.7 Å². The summed E-state index contributed by atoms with van der Waals surface area (Å²) >= 11 is 0. The molecule has 0 radical (unpaired) electrons. The SMILES string of the molecule is CN(C(=O)Oc1c(/C(N)=C/NCCOCCOCC(=O)Nc2cccc3c2C(=O)N(C2CCC(=O)NC2=O)C3=O)cc(C(F)(F)F)cc1C(F)(F)F)c1ccc(F)cc1. The number of benzene rings is 3. The quantitative estimate of drug-likeness (QED) is 0.102. The number of halogens is 7. The summed E-state index contributed by atoms with van der Waals surface area (Å²) in [4.78, 5) is 76.9. The highest BCUT2D eigenvalue weighted by atomic mass is 19.4. The van der Waals surface area contributed by atoms with Crippen LogP contribution in [0.2, 0.25) is 0 Å². The molecule has 2 heterocycles. The van der Waals surface area contributed by atoms with Gasteiger partial charge in [-0.25, -0.2) is 9.18 Å². The number of nitrogens with zero attached hydrogens (tertiary/aromatic N) is 2. The number of nitrogens with two attached hydrogens (primary N) is 1. The highest BCUT2D eigenvalue weighted by Gasteiger charge is 2.46. The number of rotatable bonds is 14. The van der Waals surface area contributed by atoms with Crippen molar-refractivity contribution < 1.29 is 73.7 Å². The number of fused-ring (bicyclic) bond motifs is 1. The number of piperidine rings is 1. The maximum atomic E-state index is 14.1. The first-order chi connectivity index (χ1) is 27.8. The van der Waals surface area contributed by atoms with Gasteiger partial charge in [0.25, 0.3) is 11.8 Å². The predicted molar refractivity (Wildman–Crippen MR) is 191 cm³/mol. The Morgan fingerprint density at radius 1 is 0.949 bits per heavy atom. The van der Waals surface area contributed by atoms with Gasteiger partial charge in [-0.15, -0.1) is 0 Å². The molecule has 6 amide bonds. The van der Waals surface area contributed by atoms with E-state index in [1.165, 1.54) is 18.2 Å². The highest BCUT2D eigenvalue weighted by Crippen LogP contribution is 2.44. The molecule has 5 N–H and O–H groups in total. The van der Waals surface area contributed by atoms with Crippen LogP contribution in [0.15, 0.2) is 60.8 Å². The summed E-state index contributed by atoms with van der Waals surface area (Å²) in [6.07, 6.45) is -11.4. The fourth-order valence-electron chi connectivity index (χ4n) is 5.83. The lowest BCUT2D eigenvalue weighted by atomic mass is 10.0. The van der Waals surface area contributed by atoms with Crippen LogP contribution in [-0.2, 0) is 36.2 Å². The van der Waals surface area contributed by atoms with E-state index in [0.717, 1.165) is 42.4 Å². The molecule has 0 aliphatic carbocycles. The number of carbonyl (C=O) groups is 6. The standard InChI is InChI=1S/C37H33F7N6O9/c1-49(21-7-5-20(38)6-8-21)35(56)59-31-23(15-19(36(39,40)41)16-24(31)37(42,43)44)25(45)17-46-11-12-57-13-14-58-18-29(52)47-26-4-2-3-22-30(26)34(55)50(33(22)54)27-9-10-28(51)48-32(27)53/h2-8,15-17,27,46H,9-14,18,45H2,1H3,(H,47,52)(H,48,51,53)/b25-17-. The predicted octanol–water partition coefficient (Wildman–Crippen LogP) is 4.42. The number of anilines is 2. The Balaban J connectivity index is 1.13. The second-order valence-electron chi connectivity index (χ2n) is 12.7. The Hall–Kier alpha value is -6.55. The minimum Gasteiger partial charge on any atom is -0.409 e. The van der Waals surface area contributed by atoms with Crippen molar-refractivity contribution in [2.75, 3.05) is 50.2 Å². The van der Waals surface area contributed by atoms with Gasteiger partial charge >= 0.3 is 18.4 Å². The molecule has 1 unspecified atom stereocenters. The molecule has 1 fully saturated rings. The molecular formula is C37H33F7N6O9. The van der Waals surface area contributed by atoms with Crippen molar-refractivity contribution in [3.05, 3.63) is 94.4 Å². The van der Waals surface area contributed by atoms with Gasteiger partial charge < -0.3 is 30.6 Å². The average Bonchev–Trinajstić information content (AvgIpc) is 3.42. The molecule has 1 atom stereocenters. The maximum Gasteiger partial charge on any atom is 0.420 e. The second kappa shape index (κ2) is 17.9. The van der Waals surface area contributed by atoms with Crippen molar-refractivity contribution in [1.29, 1.82) is 0 Å². The average molecular weight is 839 g/mol. The van der Waals surface area contributed by atoms with Gasteiger partial charge in [0.05, 0.1) is 53.5 Å². The Kier molecular flexibility index (Phi) is 13.2. The van der Waals surface area contributed by atoms with Crippen LogP contribution in [0.4, 0.5) is 46.9 Å². The summed E-state index contributed by atoms with van der Waals surface area (Å²) < 4.78 is 112. The molecule has 22 heteroatoms. The van der Waals surface area contributed by atoms with Gasteiger partial charge in [-0.3, -0.25) is 39.1 Å². The van der Waals surface area contributed by atoms with Gasteiger partial charge in [-0.2, -0.15) is 26.3 Å². The fraction of sp³-hybridized carbons (Fsp3) is 0.297. The van der Waals surface area contributed by atoms with Crippen molar-refractivity contribution in [2.24, 2.45) is 5.73 Å². The monoisotopic (exact) mass is 838 g/mol. The fourth-order valence-corrected chi connectivity index (χ4v) is 5.83. The van der Waals surface area contributed by atoms with E-state index in [2.05, 4.69) is 16.0 Å². The van der Waals surface area contributed by atoms with Crippen LogP contribution in [0.5, 0.6) is 5.75 Å². The molecule has 3 aromatic carbocycles. The number of ether oxygens (including phenoxy) is 3. The Bertz CT molecular complexity index is 2180. The number of amides is 6. The van der Waals surface area contributed by atoms with Crippen LogP contribution < -0.4 is 31.3 Å². The van der Waals surface area contributed by atoms with E-state index in [9.17, 15) is 59.5 Å². The van der Waals surface area contributed by atoms with Crippen LogP contribution in [-0.4, -0.2) is 86.6 Å². The van der Waals surface area contributed by atoms with E-state index in [1.807, 2.05) is 0 Å². The molecular weight excluding hydrogens is 805 g/mol. The summed E-state index contributed by atoms with van der Waals surface area (Å²) in [6, 6.07) is 7.16. The third kappa shape index (κ3) is 10.3. The van der Waals surface area contributed by atoms with Gasteiger partial charge in [-0.05, 0) is 55.0 Å². The second-order valence-corrected chi connectivity index (χ2v) is 12.7. The molecule has 1 saturated heterocycles. The van der Waals surface area contributed by atoms with Crippen molar-refractivity contribution in [2.45, 2.75) is 31.2 Å². The third-order valence-electron chi connectivity index (χ3n) is 8.71. The molecule has 59 heavy (non-hydrogen) atoms.